The number of benzene rings is 1. The smallest absolute Gasteiger partial charge is 0.166 e. The molecule has 0 spiro atoms. The first kappa shape index (κ1) is 15.6. The molecule has 0 saturated carbocycles. The van der Waals surface area contributed by atoms with Gasteiger partial charge in [0, 0.05) is 5.56 Å². The highest BCUT2D eigenvalue weighted by molar-refractivity contribution is 6.29. The maximum Gasteiger partial charge on any atom is 0.416 e. The highest BCUT2D eigenvalue weighted by Crippen LogP contribution is 2.38. The summed E-state index contributed by atoms with van der Waals surface area (Å²) >= 11 is 5.47. The van der Waals surface area contributed by atoms with Gasteiger partial charge in [-0.15, -0.1) is 10.2 Å². The van der Waals surface area contributed by atoms with Crippen LogP contribution in [0.2, 0.25) is 5.15 Å². The highest BCUT2D eigenvalue weighted by atomic mass is 35.5. The number of hydrogen-bond acceptors (Lipinski definition) is 2. The molecule has 1 aromatic carbocycles. The van der Waals surface area contributed by atoms with E-state index in [1.165, 1.54) is 12.1 Å². The van der Waals surface area contributed by atoms with Crippen LogP contribution < -0.4 is 0 Å². The highest BCUT2D eigenvalue weighted by Gasteiger charge is 2.37. The quantitative estimate of drug-likeness (QED) is 0.701. The largest absolute Gasteiger partial charge is 0.416 e. The van der Waals surface area contributed by atoms with Crippen LogP contribution in [-0.4, -0.2) is 10.2 Å². The molecular weight excluding hydrogens is 322 g/mol. The van der Waals surface area contributed by atoms with Crippen molar-refractivity contribution in [3.8, 4) is 11.3 Å². The maximum atomic E-state index is 12.7. The first-order valence-electron chi connectivity index (χ1n) is 5.36. The summed E-state index contributed by atoms with van der Waals surface area (Å²) in [5.74, 6) is 0. The van der Waals surface area contributed by atoms with Gasteiger partial charge < -0.3 is 0 Å². The van der Waals surface area contributed by atoms with Gasteiger partial charge >= 0.3 is 12.4 Å². The van der Waals surface area contributed by atoms with Crippen LogP contribution >= 0.6 is 11.6 Å². The van der Waals surface area contributed by atoms with Crippen molar-refractivity contribution in [1.29, 1.82) is 0 Å². The Balaban J connectivity index is 2.63. The number of alkyl halides is 6. The molecule has 0 amide bonds. The second kappa shape index (κ2) is 5.18. The van der Waals surface area contributed by atoms with E-state index in [0.29, 0.717) is 12.1 Å². The van der Waals surface area contributed by atoms with E-state index in [1.54, 1.807) is 0 Å². The molecule has 0 fully saturated rings. The molecule has 0 atom stereocenters. The molecule has 0 aliphatic heterocycles. The minimum atomic E-state index is -4.91. The van der Waals surface area contributed by atoms with E-state index in [-0.39, 0.29) is 22.5 Å². The van der Waals surface area contributed by atoms with Gasteiger partial charge in [0.15, 0.2) is 5.15 Å². The number of aromatic nitrogens is 2. The molecular formula is C12H5ClF6N2. The van der Waals surface area contributed by atoms with Gasteiger partial charge in [-0.05, 0) is 30.3 Å². The lowest BCUT2D eigenvalue weighted by molar-refractivity contribution is -0.143. The Labute approximate surface area is 119 Å². The number of halogens is 7. The van der Waals surface area contributed by atoms with Gasteiger partial charge in [-0.2, -0.15) is 26.3 Å². The summed E-state index contributed by atoms with van der Waals surface area (Å²) in [4.78, 5) is 0. The van der Waals surface area contributed by atoms with Crippen molar-refractivity contribution < 1.29 is 26.3 Å². The standard InChI is InChI=1S/C12H5ClF6N2/c13-10-2-1-9(20-21-10)6-3-7(11(14,15)16)5-8(4-6)12(17,18)19/h1-5H. The van der Waals surface area contributed by atoms with Crippen molar-refractivity contribution in [2.45, 2.75) is 12.4 Å². The summed E-state index contributed by atoms with van der Waals surface area (Å²) in [6.45, 7) is 0. The summed E-state index contributed by atoms with van der Waals surface area (Å²) < 4.78 is 76.1. The van der Waals surface area contributed by atoms with Gasteiger partial charge in [-0.3, -0.25) is 0 Å². The number of nitrogens with zero attached hydrogens (tertiary/aromatic N) is 2. The molecule has 2 aromatic rings. The van der Waals surface area contributed by atoms with Crippen molar-refractivity contribution in [2.75, 3.05) is 0 Å². The minimum absolute atomic E-state index is 0.0261. The monoisotopic (exact) mass is 326 g/mol. The molecule has 9 heteroatoms. The van der Waals surface area contributed by atoms with Gasteiger partial charge in [0.05, 0.1) is 16.8 Å². The van der Waals surface area contributed by atoms with Crippen molar-refractivity contribution in [2.24, 2.45) is 0 Å². The Bertz CT molecular complexity index is 616. The van der Waals surface area contributed by atoms with Gasteiger partial charge in [0.25, 0.3) is 0 Å². The average Bonchev–Trinajstić information content (AvgIpc) is 2.37. The molecule has 0 unspecified atom stereocenters. The molecule has 0 N–H and O–H groups in total. The van der Waals surface area contributed by atoms with Crippen molar-refractivity contribution in [3.05, 3.63) is 46.6 Å². The van der Waals surface area contributed by atoms with E-state index in [1.807, 2.05) is 0 Å². The molecule has 1 heterocycles. The molecule has 2 nitrogen and oxygen atoms in total. The van der Waals surface area contributed by atoms with E-state index in [9.17, 15) is 26.3 Å². The van der Waals surface area contributed by atoms with E-state index in [4.69, 9.17) is 11.6 Å². The van der Waals surface area contributed by atoms with Gasteiger partial charge in [0.2, 0.25) is 0 Å². The molecule has 0 radical (unpaired) electrons. The summed E-state index contributed by atoms with van der Waals surface area (Å²) in [6.07, 6.45) is -9.81. The average molecular weight is 327 g/mol. The third kappa shape index (κ3) is 3.63. The van der Waals surface area contributed by atoms with Crippen LogP contribution in [0, 0.1) is 0 Å². The zero-order chi connectivity index (χ0) is 15.8. The van der Waals surface area contributed by atoms with Crippen molar-refractivity contribution >= 4 is 11.6 Å². The van der Waals surface area contributed by atoms with Crippen LogP contribution in [0.1, 0.15) is 11.1 Å². The second-order valence-electron chi connectivity index (χ2n) is 4.04. The van der Waals surface area contributed by atoms with Crippen molar-refractivity contribution in [1.82, 2.24) is 10.2 Å². The lowest BCUT2D eigenvalue weighted by Crippen LogP contribution is -2.11. The summed E-state index contributed by atoms with van der Waals surface area (Å²) in [6, 6.07) is 3.61. The molecule has 21 heavy (non-hydrogen) atoms. The summed E-state index contributed by atoms with van der Waals surface area (Å²) in [5, 5.41) is 6.84. The lowest BCUT2D eigenvalue weighted by atomic mass is 10.0. The molecule has 1 aromatic heterocycles. The van der Waals surface area contributed by atoms with Gasteiger partial charge in [0.1, 0.15) is 0 Å². The molecule has 0 saturated heterocycles. The topological polar surface area (TPSA) is 25.8 Å². The fourth-order valence-electron chi connectivity index (χ4n) is 1.57. The Morgan fingerprint density at radius 2 is 1.29 bits per heavy atom. The SMILES string of the molecule is FC(F)(F)c1cc(-c2ccc(Cl)nn2)cc(C(F)(F)F)c1. The van der Waals surface area contributed by atoms with Crippen LogP contribution in [0.25, 0.3) is 11.3 Å². The molecule has 0 bridgehead atoms. The fraction of sp³-hybridized carbons (Fsp3) is 0.167. The van der Waals surface area contributed by atoms with Crippen LogP contribution in [0.3, 0.4) is 0 Å². The molecule has 112 valence electrons. The Kier molecular flexibility index (Phi) is 3.83. The first-order valence-corrected chi connectivity index (χ1v) is 5.74. The van der Waals surface area contributed by atoms with Crippen LogP contribution in [0.5, 0.6) is 0 Å². The Hall–Kier alpha value is -1.83. The third-order valence-corrected chi connectivity index (χ3v) is 2.72. The van der Waals surface area contributed by atoms with Crippen LogP contribution in [0.15, 0.2) is 30.3 Å². The predicted octanol–water partition coefficient (Wildman–Crippen LogP) is 4.83. The van der Waals surface area contributed by atoms with Crippen LogP contribution in [-0.2, 0) is 12.4 Å². The maximum absolute atomic E-state index is 12.7. The summed E-state index contributed by atoms with van der Waals surface area (Å²) in [5.41, 5.74) is -3.31. The Morgan fingerprint density at radius 1 is 0.762 bits per heavy atom. The minimum Gasteiger partial charge on any atom is -0.166 e. The zero-order valence-corrected chi connectivity index (χ0v) is 10.7. The van der Waals surface area contributed by atoms with E-state index >= 15 is 0 Å². The van der Waals surface area contributed by atoms with E-state index < -0.39 is 23.5 Å². The third-order valence-electron chi connectivity index (χ3n) is 2.52. The van der Waals surface area contributed by atoms with Gasteiger partial charge in [-0.1, -0.05) is 11.6 Å². The molecule has 2 rings (SSSR count). The number of hydrogen-bond donors (Lipinski definition) is 0. The Morgan fingerprint density at radius 3 is 1.67 bits per heavy atom. The van der Waals surface area contributed by atoms with Gasteiger partial charge in [-0.25, -0.2) is 0 Å². The van der Waals surface area contributed by atoms with Crippen molar-refractivity contribution in [3.63, 3.8) is 0 Å². The zero-order valence-electron chi connectivity index (χ0n) is 9.93. The molecule has 0 aliphatic rings. The fourth-order valence-corrected chi connectivity index (χ4v) is 1.67. The summed E-state index contributed by atoms with van der Waals surface area (Å²) in [7, 11) is 0. The number of rotatable bonds is 1. The lowest BCUT2D eigenvalue weighted by Gasteiger charge is -2.13. The predicted molar refractivity (Wildman–Crippen MR) is 62.5 cm³/mol. The van der Waals surface area contributed by atoms with E-state index in [0.717, 1.165) is 0 Å². The second-order valence-corrected chi connectivity index (χ2v) is 4.42. The molecule has 0 aliphatic carbocycles. The van der Waals surface area contributed by atoms with Crippen LogP contribution in [0.4, 0.5) is 26.3 Å². The normalized spacial score (nSPS) is 12.5. The van der Waals surface area contributed by atoms with E-state index in [2.05, 4.69) is 10.2 Å². The first-order chi connectivity index (χ1) is 9.57.